The van der Waals surface area contributed by atoms with Crippen molar-refractivity contribution in [2.75, 3.05) is 6.26 Å². The molecule has 182 valence electrons. The van der Waals surface area contributed by atoms with Crippen LogP contribution >= 0.6 is 11.6 Å². The van der Waals surface area contributed by atoms with Gasteiger partial charge in [-0.25, -0.2) is 8.42 Å². The van der Waals surface area contributed by atoms with Gasteiger partial charge in [0.2, 0.25) is 0 Å². The maximum atomic E-state index is 13.0. The Morgan fingerprint density at radius 3 is 2.40 bits per heavy atom. The summed E-state index contributed by atoms with van der Waals surface area (Å²) in [5.74, 6) is -0.220. The van der Waals surface area contributed by atoms with Gasteiger partial charge in [-0.3, -0.25) is 5.10 Å². The summed E-state index contributed by atoms with van der Waals surface area (Å²) >= 11 is 5.91. The first kappa shape index (κ1) is 24.6. The van der Waals surface area contributed by atoms with Crippen LogP contribution in [-0.4, -0.2) is 30.0 Å². The molecule has 0 atom stereocenters. The number of sulfone groups is 1. The quantitative estimate of drug-likeness (QED) is 0.319. The summed E-state index contributed by atoms with van der Waals surface area (Å²) in [4.78, 5) is 0.00239. The van der Waals surface area contributed by atoms with Crippen molar-refractivity contribution in [2.45, 2.75) is 17.7 Å². The van der Waals surface area contributed by atoms with Crippen LogP contribution in [0, 0.1) is 0 Å². The van der Waals surface area contributed by atoms with Crippen molar-refractivity contribution in [3.8, 4) is 33.9 Å². The van der Waals surface area contributed by atoms with E-state index < -0.39 is 27.5 Å². The van der Waals surface area contributed by atoms with Crippen molar-refractivity contribution in [2.24, 2.45) is 0 Å². The summed E-state index contributed by atoms with van der Waals surface area (Å²) in [7, 11) is -3.57. The zero-order valence-corrected chi connectivity index (χ0v) is 19.7. The van der Waals surface area contributed by atoms with Crippen molar-refractivity contribution < 1.29 is 31.4 Å². The van der Waals surface area contributed by atoms with Crippen LogP contribution in [0.3, 0.4) is 0 Å². The molecule has 4 rings (SSSR count). The number of nitrogens with one attached hydrogen (secondary N) is 1. The predicted octanol–water partition coefficient (Wildman–Crippen LogP) is 6.10. The molecule has 0 fully saturated rings. The summed E-state index contributed by atoms with van der Waals surface area (Å²) in [6.07, 6.45) is -3.60. The number of rotatable bonds is 6. The van der Waals surface area contributed by atoms with Gasteiger partial charge in [-0.1, -0.05) is 35.9 Å². The highest BCUT2D eigenvalue weighted by molar-refractivity contribution is 7.90. The number of H-pyrrole nitrogens is 1. The molecule has 0 aliphatic carbocycles. The Labute approximate surface area is 203 Å². The van der Waals surface area contributed by atoms with Gasteiger partial charge in [-0.2, -0.15) is 18.3 Å². The van der Waals surface area contributed by atoms with Gasteiger partial charge in [0, 0.05) is 16.8 Å². The minimum absolute atomic E-state index is 0.00239. The molecule has 0 spiro atoms. The lowest BCUT2D eigenvalue weighted by Gasteiger charge is -2.16. The van der Waals surface area contributed by atoms with Gasteiger partial charge in [0.25, 0.3) is 0 Å². The van der Waals surface area contributed by atoms with Crippen molar-refractivity contribution in [3.63, 3.8) is 0 Å². The van der Waals surface area contributed by atoms with Gasteiger partial charge in [0.15, 0.2) is 9.84 Å². The highest BCUT2D eigenvalue weighted by Crippen LogP contribution is 2.45. The van der Waals surface area contributed by atoms with Crippen LogP contribution in [0.15, 0.2) is 71.6 Å². The Morgan fingerprint density at radius 2 is 1.77 bits per heavy atom. The lowest BCUT2D eigenvalue weighted by Crippen LogP contribution is -2.04. The van der Waals surface area contributed by atoms with E-state index in [1.54, 1.807) is 30.3 Å². The minimum Gasteiger partial charge on any atom is -0.506 e. The van der Waals surface area contributed by atoms with Crippen LogP contribution in [0.1, 0.15) is 11.3 Å². The third-order valence-electron chi connectivity index (χ3n) is 5.16. The molecule has 11 heteroatoms. The smallest absolute Gasteiger partial charge is 0.432 e. The van der Waals surface area contributed by atoms with E-state index in [-0.39, 0.29) is 34.1 Å². The first-order valence-electron chi connectivity index (χ1n) is 10.1. The third-order valence-corrected chi connectivity index (χ3v) is 6.52. The third kappa shape index (κ3) is 5.44. The zero-order chi connectivity index (χ0) is 25.4. The van der Waals surface area contributed by atoms with E-state index in [2.05, 4.69) is 5.10 Å². The van der Waals surface area contributed by atoms with E-state index in [1.807, 2.05) is 5.10 Å². The fourth-order valence-corrected chi connectivity index (χ4v) is 4.20. The second kappa shape index (κ2) is 9.27. The molecule has 6 nitrogen and oxygen atoms in total. The minimum atomic E-state index is -4.64. The summed E-state index contributed by atoms with van der Waals surface area (Å²) in [5, 5.41) is 17.3. The van der Waals surface area contributed by atoms with Gasteiger partial charge < -0.3 is 9.84 Å². The number of aromatic amines is 1. The molecule has 35 heavy (non-hydrogen) atoms. The van der Waals surface area contributed by atoms with Crippen molar-refractivity contribution in [1.29, 1.82) is 0 Å². The highest BCUT2D eigenvalue weighted by atomic mass is 35.5. The Hall–Kier alpha value is -3.50. The molecule has 0 saturated heterocycles. The van der Waals surface area contributed by atoms with Crippen LogP contribution in [-0.2, 0) is 22.6 Å². The number of aromatic nitrogens is 2. The van der Waals surface area contributed by atoms with Crippen LogP contribution in [0.4, 0.5) is 13.2 Å². The highest BCUT2D eigenvalue weighted by Gasteiger charge is 2.33. The number of hydrogen-bond donors (Lipinski definition) is 2. The van der Waals surface area contributed by atoms with Gasteiger partial charge in [0.05, 0.1) is 16.2 Å². The van der Waals surface area contributed by atoms with Gasteiger partial charge >= 0.3 is 6.18 Å². The molecular weight excluding hydrogens is 505 g/mol. The first-order chi connectivity index (χ1) is 16.4. The Balaban J connectivity index is 1.83. The molecule has 0 saturated carbocycles. The van der Waals surface area contributed by atoms with Crippen molar-refractivity contribution in [1.82, 2.24) is 10.2 Å². The number of nitrogens with zero attached hydrogens (tertiary/aromatic N) is 1. The van der Waals surface area contributed by atoms with Crippen LogP contribution in [0.5, 0.6) is 11.5 Å². The van der Waals surface area contributed by atoms with E-state index >= 15 is 0 Å². The molecular formula is C24H18ClF3N2O4S. The monoisotopic (exact) mass is 522 g/mol. The molecule has 1 aromatic heterocycles. The van der Waals surface area contributed by atoms with Gasteiger partial charge in [0.1, 0.15) is 23.8 Å². The maximum absolute atomic E-state index is 13.0. The average Bonchev–Trinajstić information content (AvgIpc) is 3.29. The summed E-state index contributed by atoms with van der Waals surface area (Å²) < 4.78 is 69.2. The van der Waals surface area contributed by atoms with E-state index in [0.717, 1.165) is 17.9 Å². The molecule has 0 radical (unpaired) electrons. The van der Waals surface area contributed by atoms with Crippen LogP contribution in [0.2, 0.25) is 5.02 Å². The second-order valence-corrected chi connectivity index (χ2v) is 10.2. The number of benzene rings is 3. The van der Waals surface area contributed by atoms with E-state index in [0.29, 0.717) is 10.6 Å². The van der Waals surface area contributed by atoms with Gasteiger partial charge in [-0.05, 0) is 53.6 Å². The average molecular weight is 523 g/mol. The summed E-state index contributed by atoms with van der Waals surface area (Å²) in [6.45, 7) is 0.0926. The molecule has 4 aromatic rings. The number of aromatic hydroxyl groups is 1. The number of phenols is 1. The van der Waals surface area contributed by atoms with Crippen LogP contribution in [0.25, 0.3) is 22.4 Å². The molecule has 0 bridgehead atoms. The lowest BCUT2D eigenvalue weighted by atomic mass is 9.98. The zero-order valence-electron chi connectivity index (χ0n) is 18.1. The number of hydrogen-bond acceptors (Lipinski definition) is 5. The topological polar surface area (TPSA) is 92.3 Å². The molecule has 0 amide bonds. The van der Waals surface area contributed by atoms with E-state index in [1.165, 1.54) is 30.3 Å². The number of halogens is 4. The SMILES string of the molecule is CS(=O)(=O)c1cccc(-c2c(OCc3ccc(Cl)cc3)ccc(-c3cc(C(F)(F)F)[nH]n3)c2O)c1. The fourth-order valence-electron chi connectivity index (χ4n) is 3.41. The van der Waals surface area contributed by atoms with Gasteiger partial charge in [-0.15, -0.1) is 0 Å². The van der Waals surface area contributed by atoms with Crippen molar-refractivity contribution in [3.05, 3.63) is 83.0 Å². The standard InChI is InChI=1S/C24H18ClF3N2O4S/c1-35(32,33)17-4-2-3-15(11-17)22-20(34-13-14-5-7-16(25)8-6-14)10-9-18(23(22)31)19-12-21(30-29-19)24(26,27)28/h2-12,31H,13H2,1H3,(H,29,30). The molecule has 0 aliphatic rings. The number of phenolic OH excluding ortho intramolecular Hbond substituents is 1. The molecule has 0 aliphatic heterocycles. The van der Waals surface area contributed by atoms with Crippen LogP contribution < -0.4 is 4.74 Å². The fraction of sp³-hybridized carbons (Fsp3) is 0.125. The Kier molecular flexibility index (Phi) is 6.52. The predicted molar refractivity (Wildman–Crippen MR) is 125 cm³/mol. The Bertz CT molecular complexity index is 1480. The Morgan fingerprint density at radius 1 is 1.06 bits per heavy atom. The summed E-state index contributed by atoms with van der Waals surface area (Å²) in [5.41, 5.74) is -0.0232. The first-order valence-corrected chi connectivity index (χ1v) is 12.4. The second-order valence-electron chi connectivity index (χ2n) is 7.71. The number of ether oxygens (including phenoxy) is 1. The molecule has 1 heterocycles. The molecule has 3 aromatic carbocycles. The summed E-state index contributed by atoms with van der Waals surface area (Å²) in [6, 6.07) is 16.3. The van der Waals surface area contributed by atoms with E-state index in [4.69, 9.17) is 16.3 Å². The molecule has 0 unspecified atom stereocenters. The lowest BCUT2D eigenvalue weighted by molar-refractivity contribution is -0.141. The van der Waals surface area contributed by atoms with E-state index in [9.17, 15) is 26.7 Å². The largest absolute Gasteiger partial charge is 0.506 e. The normalized spacial score (nSPS) is 12.0. The number of alkyl halides is 3. The maximum Gasteiger partial charge on any atom is 0.432 e. The van der Waals surface area contributed by atoms with Crippen molar-refractivity contribution >= 4 is 21.4 Å². The molecule has 2 N–H and O–H groups in total.